The van der Waals surface area contributed by atoms with Crippen LogP contribution in [0.3, 0.4) is 0 Å². The van der Waals surface area contributed by atoms with Crippen LogP contribution in [0.15, 0.2) is 42.5 Å². The van der Waals surface area contributed by atoms with Crippen LogP contribution in [0.1, 0.15) is 22.7 Å². The Morgan fingerprint density at radius 1 is 1.11 bits per heavy atom. The zero-order valence-electron chi connectivity index (χ0n) is 11.2. The Morgan fingerprint density at radius 2 is 1.74 bits per heavy atom. The third-order valence-electron chi connectivity index (χ3n) is 3.24. The molecule has 0 spiro atoms. The summed E-state index contributed by atoms with van der Waals surface area (Å²) in [5.74, 6) is -0.289. The normalized spacial score (nSPS) is 12.2. The maximum atomic E-state index is 13.2. The lowest BCUT2D eigenvalue weighted by molar-refractivity contribution is 0.275. The summed E-state index contributed by atoms with van der Waals surface area (Å²) >= 11 is 0. The number of rotatable bonds is 4. The first-order valence-electron chi connectivity index (χ1n) is 6.31. The standard InChI is InChI=1S/C16H18FNO/c1-11-5-3-6-12(2)16(11)15(10-19)18-14-8-4-7-13(17)9-14/h3-9,15,18-19H,10H2,1-2H3. The molecule has 2 nitrogen and oxygen atoms in total. The van der Waals surface area contributed by atoms with Gasteiger partial charge in [0.1, 0.15) is 5.82 Å². The molecule has 0 aliphatic carbocycles. The molecule has 0 aliphatic heterocycles. The van der Waals surface area contributed by atoms with Crippen LogP contribution in [-0.4, -0.2) is 11.7 Å². The Morgan fingerprint density at radius 3 is 2.32 bits per heavy atom. The molecule has 0 heterocycles. The first-order chi connectivity index (χ1) is 9.11. The summed E-state index contributed by atoms with van der Waals surface area (Å²) in [6, 6.07) is 12.1. The van der Waals surface area contributed by atoms with Crippen molar-refractivity contribution < 1.29 is 9.50 Å². The van der Waals surface area contributed by atoms with E-state index < -0.39 is 0 Å². The van der Waals surface area contributed by atoms with E-state index in [2.05, 4.69) is 5.32 Å². The summed E-state index contributed by atoms with van der Waals surface area (Å²) in [5.41, 5.74) is 3.96. The summed E-state index contributed by atoms with van der Waals surface area (Å²) in [7, 11) is 0. The van der Waals surface area contributed by atoms with E-state index in [0.717, 1.165) is 16.7 Å². The van der Waals surface area contributed by atoms with Gasteiger partial charge in [-0.1, -0.05) is 24.3 Å². The van der Waals surface area contributed by atoms with E-state index in [0.29, 0.717) is 5.69 Å². The molecule has 0 aliphatic rings. The largest absolute Gasteiger partial charge is 0.394 e. The predicted octanol–water partition coefficient (Wildman–Crippen LogP) is 3.59. The van der Waals surface area contributed by atoms with Gasteiger partial charge in [-0.3, -0.25) is 0 Å². The molecule has 0 aromatic heterocycles. The monoisotopic (exact) mass is 259 g/mol. The van der Waals surface area contributed by atoms with Gasteiger partial charge in [-0.05, 0) is 48.7 Å². The predicted molar refractivity (Wildman–Crippen MR) is 75.8 cm³/mol. The molecule has 0 radical (unpaired) electrons. The summed E-state index contributed by atoms with van der Waals surface area (Å²) in [6.07, 6.45) is 0. The Labute approximate surface area is 112 Å². The number of hydrogen-bond acceptors (Lipinski definition) is 2. The van der Waals surface area contributed by atoms with Crippen LogP contribution >= 0.6 is 0 Å². The fraction of sp³-hybridized carbons (Fsp3) is 0.250. The summed E-state index contributed by atoms with van der Waals surface area (Å²) in [5, 5.41) is 12.8. The Kier molecular flexibility index (Phi) is 4.17. The second-order valence-electron chi connectivity index (χ2n) is 4.70. The molecule has 1 unspecified atom stereocenters. The number of aliphatic hydroxyl groups excluding tert-OH is 1. The molecule has 0 saturated carbocycles. The molecule has 100 valence electrons. The van der Waals surface area contributed by atoms with Gasteiger partial charge in [0.2, 0.25) is 0 Å². The van der Waals surface area contributed by atoms with Crippen molar-refractivity contribution in [3.63, 3.8) is 0 Å². The van der Waals surface area contributed by atoms with Gasteiger partial charge in [-0.2, -0.15) is 0 Å². The molecule has 2 aromatic carbocycles. The third kappa shape index (κ3) is 3.12. The van der Waals surface area contributed by atoms with Gasteiger partial charge < -0.3 is 10.4 Å². The van der Waals surface area contributed by atoms with Gasteiger partial charge >= 0.3 is 0 Å². The van der Waals surface area contributed by atoms with Gasteiger partial charge in [-0.25, -0.2) is 4.39 Å². The number of aliphatic hydroxyl groups is 1. The van der Waals surface area contributed by atoms with Crippen LogP contribution in [0, 0.1) is 19.7 Å². The van der Waals surface area contributed by atoms with Crippen molar-refractivity contribution in [2.24, 2.45) is 0 Å². The molecule has 3 heteroatoms. The average Bonchev–Trinajstić information content (AvgIpc) is 2.37. The van der Waals surface area contributed by atoms with Crippen molar-refractivity contribution in [1.29, 1.82) is 0 Å². The van der Waals surface area contributed by atoms with Crippen molar-refractivity contribution in [3.05, 3.63) is 65.0 Å². The summed E-state index contributed by atoms with van der Waals surface area (Å²) in [6.45, 7) is 3.98. The van der Waals surface area contributed by atoms with Gasteiger partial charge in [0.15, 0.2) is 0 Å². The molecule has 1 atom stereocenters. The molecule has 0 bridgehead atoms. The molecule has 19 heavy (non-hydrogen) atoms. The van der Waals surface area contributed by atoms with E-state index in [1.165, 1.54) is 12.1 Å². The molecular weight excluding hydrogens is 241 g/mol. The number of hydrogen-bond donors (Lipinski definition) is 2. The lowest BCUT2D eigenvalue weighted by atomic mass is 9.96. The van der Waals surface area contributed by atoms with E-state index in [9.17, 15) is 9.50 Å². The van der Waals surface area contributed by atoms with Crippen LogP contribution in [0.25, 0.3) is 0 Å². The van der Waals surface area contributed by atoms with Gasteiger partial charge in [0, 0.05) is 5.69 Å². The first-order valence-corrected chi connectivity index (χ1v) is 6.31. The smallest absolute Gasteiger partial charge is 0.125 e. The fourth-order valence-corrected chi connectivity index (χ4v) is 2.37. The van der Waals surface area contributed by atoms with E-state index in [1.807, 2.05) is 32.0 Å². The molecule has 0 saturated heterocycles. The zero-order chi connectivity index (χ0) is 13.8. The van der Waals surface area contributed by atoms with E-state index in [4.69, 9.17) is 0 Å². The lowest BCUT2D eigenvalue weighted by Gasteiger charge is -2.22. The first kappa shape index (κ1) is 13.6. The maximum Gasteiger partial charge on any atom is 0.125 e. The van der Waals surface area contributed by atoms with Crippen molar-refractivity contribution >= 4 is 5.69 Å². The van der Waals surface area contributed by atoms with Crippen LogP contribution in [-0.2, 0) is 0 Å². The highest BCUT2D eigenvalue weighted by Crippen LogP contribution is 2.25. The molecule has 2 rings (SSSR count). The minimum Gasteiger partial charge on any atom is -0.394 e. The molecule has 2 N–H and O–H groups in total. The van der Waals surface area contributed by atoms with Gasteiger partial charge in [0.05, 0.1) is 12.6 Å². The average molecular weight is 259 g/mol. The topological polar surface area (TPSA) is 32.3 Å². The number of benzene rings is 2. The van der Waals surface area contributed by atoms with E-state index >= 15 is 0 Å². The van der Waals surface area contributed by atoms with Crippen molar-refractivity contribution in [2.45, 2.75) is 19.9 Å². The maximum absolute atomic E-state index is 13.2. The Balaban J connectivity index is 2.30. The summed E-state index contributed by atoms with van der Waals surface area (Å²) in [4.78, 5) is 0. The Hall–Kier alpha value is -1.87. The molecular formula is C16H18FNO. The minimum absolute atomic E-state index is 0.0395. The van der Waals surface area contributed by atoms with Gasteiger partial charge in [0.25, 0.3) is 0 Å². The Bertz CT molecular complexity index is 548. The molecule has 0 fully saturated rings. The van der Waals surface area contributed by atoms with E-state index in [1.54, 1.807) is 12.1 Å². The lowest BCUT2D eigenvalue weighted by Crippen LogP contribution is -2.17. The highest BCUT2D eigenvalue weighted by atomic mass is 19.1. The molecule has 0 amide bonds. The molecule has 2 aromatic rings. The number of nitrogens with one attached hydrogen (secondary N) is 1. The van der Waals surface area contributed by atoms with Gasteiger partial charge in [-0.15, -0.1) is 0 Å². The highest BCUT2D eigenvalue weighted by Gasteiger charge is 2.15. The number of anilines is 1. The minimum atomic E-state index is -0.289. The number of halogens is 1. The quantitative estimate of drug-likeness (QED) is 0.879. The second-order valence-corrected chi connectivity index (χ2v) is 4.70. The SMILES string of the molecule is Cc1cccc(C)c1C(CO)Nc1cccc(F)c1. The van der Waals surface area contributed by atoms with Crippen molar-refractivity contribution in [2.75, 3.05) is 11.9 Å². The third-order valence-corrected chi connectivity index (χ3v) is 3.24. The fourth-order valence-electron chi connectivity index (χ4n) is 2.37. The second kappa shape index (κ2) is 5.85. The summed E-state index contributed by atoms with van der Waals surface area (Å²) < 4.78 is 13.2. The highest BCUT2D eigenvalue weighted by molar-refractivity contribution is 5.48. The zero-order valence-corrected chi connectivity index (χ0v) is 11.2. The van der Waals surface area contributed by atoms with Crippen molar-refractivity contribution in [1.82, 2.24) is 0 Å². The van der Waals surface area contributed by atoms with Crippen molar-refractivity contribution in [3.8, 4) is 0 Å². The van der Waals surface area contributed by atoms with Crippen LogP contribution < -0.4 is 5.32 Å². The van der Waals surface area contributed by atoms with Crippen LogP contribution in [0.4, 0.5) is 10.1 Å². The van der Waals surface area contributed by atoms with Crippen LogP contribution in [0.5, 0.6) is 0 Å². The van der Waals surface area contributed by atoms with Crippen LogP contribution in [0.2, 0.25) is 0 Å². The number of aryl methyl sites for hydroxylation is 2. The van der Waals surface area contributed by atoms with E-state index in [-0.39, 0.29) is 18.5 Å².